The van der Waals surface area contributed by atoms with Gasteiger partial charge < -0.3 is 10.5 Å². The Bertz CT molecular complexity index is 364. The van der Waals surface area contributed by atoms with Gasteiger partial charge in [0.1, 0.15) is 0 Å². The second-order valence-electron chi connectivity index (χ2n) is 3.48. The van der Waals surface area contributed by atoms with Gasteiger partial charge in [-0.1, -0.05) is 11.6 Å². The average Bonchev–Trinajstić information content (AvgIpc) is 2.22. The van der Waals surface area contributed by atoms with E-state index in [0.29, 0.717) is 0 Å². The maximum Gasteiger partial charge on any atom is 0.240 e. The van der Waals surface area contributed by atoms with Crippen molar-refractivity contribution in [3.05, 3.63) is 28.5 Å². The summed E-state index contributed by atoms with van der Waals surface area (Å²) in [6.07, 6.45) is -3.08. The van der Waals surface area contributed by atoms with Gasteiger partial charge in [-0.3, -0.25) is 0 Å². The SMILES string of the molecule is CCOc1c(F)cc([C@@H](N)CC(F)F)cc1Cl. The van der Waals surface area contributed by atoms with Crippen molar-refractivity contribution < 1.29 is 17.9 Å². The molecule has 17 heavy (non-hydrogen) atoms. The maximum atomic E-state index is 13.5. The molecule has 0 amide bonds. The summed E-state index contributed by atoms with van der Waals surface area (Å²) in [6, 6.07) is 1.48. The van der Waals surface area contributed by atoms with E-state index in [1.807, 2.05) is 0 Å². The molecule has 0 aliphatic rings. The molecule has 2 nitrogen and oxygen atoms in total. The first-order valence-electron chi connectivity index (χ1n) is 5.11. The standard InChI is InChI=1S/C11H13ClF3NO/c1-2-17-11-7(12)3-6(4-8(11)13)9(16)5-10(14)15/h3-4,9-10H,2,5,16H2,1H3/t9-/m0/s1. The number of nitrogens with two attached hydrogens (primary N) is 1. The molecule has 0 aromatic heterocycles. The maximum absolute atomic E-state index is 13.5. The monoisotopic (exact) mass is 267 g/mol. The Hall–Kier alpha value is -0.940. The highest BCUT2D eigenvalue weighted by atomic mass is 35.5. The van der Waals surface area contributed by atoms with E-state index < -0.39 is 24.7 Å². The quantitative estimate of drug-likeness (QED) is 0.886. The molecule has 1 aromatic rings. The number of hydrogen-bond acceptors (Lipinski definition) is 2. The number of rotatable bonds is 5. The Kier molecular flexibility index (Phi) is 5.08. The van der Waals surface area contributed by atoms with Gasteiger partial charge in [0.25, 0.3) is 0 Å². The summed E-state index contributed by atoms with van der Waals surface area (Å²) >= 11 is 5.79. The van der Waals surface area contributed by atoms with Gasteiger partial charge in [-0.05, 0) is 24.6 Å². The van der Waals surface area contributed by atoms with Crippen molar-refractivity contribution in [2.45, 2.75) is 25.8 Å². The Morgan fingerprint density at radius 2 is 2.06 bits per heavy atom. The van der Waals surface area contributed by atoms with Crippen LogP contribution < -0.4 is 10.5 Å². The van der Waals surface area contributed by atoms with Gasteiger partial charge in [-0.25, -0.2) is 13.2 Å². The molecule has 0 spiro atoms. The molecule has 1 aromatic carbocycles. The van der Waals surface area contributed by atoms with Crippen LogP contribution in [0.4, 0.5) is 13.2 Å². The molecule has 6 heteroatoms. The summed E-state index contributed by atoms with van der Waals surface area (Å²) in [4.78, 5) is 0. The van der Waals surface area contributed by atoms with Crippen molar-refractivity contribution in [3.63, 3.8) is 0 Å². The summed E-state index contributed by atoms with van der Waals surface area (Å²) in [5.74, 6) is -0.777. The van der Waals surface area contributed by atoms with Crippen LogP contribution in [0.2, 0.25) is 5.02 Å². The molecule has 96 valence electrons. The summed E-state index contributed by atoms with van der Waals surface area (Å²) < 4.78 is 42.8. The highest BCUT2D eigenvalue weighted by Gasteiger charge is 2.17. The van der Waals surface area contributed by atoms with E-state index in [2.05, 4.69) is 0 Å². The molecule has 0 unspecified atom stereocenters. The van der Waals surface area contributed by atoms with E-state index in [-0.39, 0.29) is 22.9 Å². The van der Waals surface area contributed by atoms with Crippen molar-refractivity contribution in [2.24, 2.45) is 5.73 Å². The van der Waals surface area contributed by atoms with Crippen molar-refractivity contribution in [3.8, 4) is 5.75 Å². The van der Waals surface area contributed by atoms with E-state index in [1.54, 1.807) is 6.92 Å². The molecule has 0 fully saturated rings. The van der Waals surface area contributed by atoms with E-state index in [4.69, 9.17) is 22.1 Å². The van der Waals surface area contributed by atoms with Crippen LogP contribution in [0.5, 0.6) is 5.75 Å². The number of benzene rings is 1. The molecule has 0 aliphatic carbocycles. The predicted octanol–water partition coefficient (Wildman–Crippen LogP) is 3.53. The molecule has 0 heterocycles. The number of ether oxygens (including phenoxy) is 1. The summed E-state index contributed by atoms with van der Waals surface area (Å²) in [7, 11) is 0. The Labute approximate surface area is 103 Å². The largest absolute Gasteiger partial charge is 0.489 e. The first-order chi connectivity index (χ1) is 7.95. The molecule has 1 rings (SSSR count). The lowest BCUT2D eigenvalue weighted by atomic mass is 10.0. The minimum Gasteiger partial charge on any atom is -0.489 e. The fraction of sp³-hybridized carbons (Fsp3) is 0.455. The van der Waals surface area contributed by atoms with Crippen LogP contribution in [0.1, 0.15) is 24.9 Å². The fourth-order valence-corrected chi connectivity index (χ4v) is 1.67. The van der Waals surface area contributed by atoms with E-state index in [0.717, 1.165) is 6.07 Å². The first kappa shape index (κ1) is 14.1. The van der Waals surface area contributed by atoms with Crippen LogP contribution in [0.25, 0.3) is 0 Å². The van der Waals surface area contributed by atoms with Gasteiger partial charge in [0.2, 0.25) is 6.43 Å². The zero-order valence-corrected chi connectivity index (χ0v) is 9.98. The molecule has 0 bridgehead atoms. The van der Waals surface area contributed by atoms with Crippen molar-refractivity contribution >= 4 is 11.6 Å². The Morgan fingerprint density at radius 1 is 1.41 bits per heavy atom. The van der Waals surface area contributed by atoms with Crippen LogP contribution >= 0.6 is 11.6 Å². The van der Waals surface area contributed by atoms with Gasteiger partial charge in [0.15, 0.2) is 11.6 Å². The molecule has 1 atom stereocenters. The lowest BCUT2D eigenvalue weighted by Crippen LogP contribution is -2.14. The van der Waals surface area contributed by atoms with Crippen molar-refractivity contribution in [2.75, 3.05) is 6.61 Å². The molecular formula is C11H13ClF3NO. The number of halogens is 4. The zero-order chi connectivity index (χ0) is 13.0. The van der Waals surface area contributed by atoms with E-state index in [1.165, 1.54) is 6.07 Å². The molecule has 0 saturated heterocycles. The van der Waals surface area contributed by atoms with Crippen molar-refractivity contribution in [1.29, 1.82) is 0 Å². The highest BCUT2D eigenvalue weighted by Crippen LogP contribution is 2.32. The van der Waals surface area contributed by atoms with Crippen LogP contribution in [0.3, 0.4) is 0 Å². The summed E-state index contributed by atoms with van der Waals surface area (Å²) in [5.41, 5.74) is 5.74. The smallest absolute Gasteiger partial charge is 0.240 e. The normalized spacial score (nSPS) is 12.9. The fourth-order valence-electron chi connectivity index (χ4n) is 1.40. The van der Waals surface area contributed by atoms with Crippen LogP contribution in [-0.2, 0) is 0 Å². The molecular weight excluding hydrogens is 255 g/mol. The molecule has 0 radical (unpaired) electrons. The number of alkyl halides is 2. The van der Waals surface area contributed by atoms with Gasteiger partial charge >= 0.3 is 0 Å². The zero-order valence-electron chi connectivity index (χ0n) is 9.22. The Morgan fingerprint density at radius 3 is 2.53 bits per heavy atom. The van der Waals surface area contributed by atoms with Gasteiger partial charge in [0, 0.05) is 12.5 Å². The van der Waals surface area contributed by atoms with Crippen LogP contribution in [-0.4, -0.2) is 13.0 Å². The topological polar surface area (TPSA) is 35.2 Å². The van der Waals surface area contributed by atoms with Gasteiger partial charge in [-0.15, -0.1) is 0 Å². The minimum atomic E-state index is -2.54. The second kappa shape index (κ2) is 6.12. The highest BCUT2D eigenvalue weighted by molar-refractivity contribution is 6.32. The number of hydrogen-bond donors (Lipinski definition) is 1. The third-order valence-electron chi connectivity index (χ3n) is 2.17. The average molecular weight is 268 g/mol. The summed E-state index contributed by atoms with van der Waals surface area (Å²) in [6.45, 7) is 1.95. The van der Waals surface area contributed by atoms with E-state index >= 15 is 0 Å². The minimum absolute atomic E-state index is 0.0339. The van der Waals surface area contributed by atoms with Gasteiger partial charge in [0.05, 0.1) is 11.6 Å². The third kappa shape index (κ3) is 3.78. The second-order valence-corrected chi connectivity index (χ2v) is 3.89. The first-order valence-corrected chi connectivity index (χ1v) is 5.49. The predicted molar refractivity (Wildman–Crippen MR) is 60.1 cm³/mol. The molecule has 2 N–H and O–H groups in total. The Balaban J connectivity index is 2.97. The molecule has 0 saturated carbocycles. The van der Waals surface area contributed by atoms with E-state index in [9.17, 15) is 13.2 Å². The lowest BCUT2D eigenvalue weighted by Gasteiger charge is -2.14. The molecule has 0 aliphatic heterocycles. The van der Waals surface area contributed by atoms with Gasteiger partial charge in [-0.2, -0.15) is 0 Å². The van der Waals surface area contributed by atoms with Crippen molar-refractivity contribution in [1.82, 2.24) is 0 Å². The lowest BCUT2D eigenvalue weighted by molar-refractivity contribution is 0.128. The van der Waals surface area contributed by atoms with Crippen LogP contribution in [0.15, 0.2) is 12.1 Å². The summed E-state index contributed by atoms with van der Waals surface area (Å²) in [5, 5.41) is 0.0339. The third-order valence-corrected chi connectivity index (χ3v) is 2.45. The van der Waals surface area contributed by atoms with Crippen LogP contribution in [0, 0.1) is 5.82 Å².